The Bertz CT molecular complexity index is 803. The summed E-state index contributed by atoms with van der Waals surface area (Å²) in [4.78, 5) is 24.3. The van der Waals surface area contributed by atoms with Crippen molar-refractivity contribution in [2.24, 2.45) is 0 Å². The number of nitrogens with one attached hydrogen (secondary N) is 1. The molecule has 1 N–H and O–H groups in total. The second-order valence-corrected chi connectivity index (χ2v) is 5.94. The average Bonchev–Trinajstić information content (AvgIpc) is 2.70. The van der Waals surface area contributed by atoms with Crippen LogP contribution in [0.3, 0.4) is 0 Å². The Labute approximate surface area is 163 Å². The van der Waals surface area contributed by atoms with Gasteiger partial charge in [-0.05, 0) is 24.6 Å². The first-order valence-corrected chi connectivity index (χ1v) is 9.29. The van der Waals surface area contributed by atoms with E-state index in [1.165, 1.54) is 13.2 Å². The summed E-state index contributed by atoms with van der Waals surface area (Å²) in [5, 5.41) is 3.28. The van der Waals surface area contributed by atoms with Crippen LogP contribution in [0.1, 0.15) is 23.7 Å². The van der Waals surface area contributed by atoms with Crippen molar-refractivity contribution in [3.63, 3.8) is 0 Å². The number of rotatable bonds is 13. The zero-order valence-electron chi connectivity index (χ0n) is 16.3. The maximum absolute atomic E-state index is 12.2. The Hall–Kier alpha value is -2.42. The molecule has 8 nitrogen and oxygen atoms in total. The quantitative estimate of drug-likeness (QED) is 0.411. The molecule has 0 saturated carbocycles. The minimum atomic E-state index is -0.696. The summed E-state index contributed by atoms with van der Waals surface area (Å²) < 4.78 is 26.3. The lowest BCUT2D eigenvalue weighted by molar-refractivity contribution is 0.0152. The lowest BCUT2D eigenvalue weighted by atomic mass is 10.1. The molecule has 0 aliphatic carbocycles. The maximum Gasteiger partial charge on any atom is 0.349 e. The van der Waals surface area contributed by atoms with Crippen LogP contribution in [-0.2, 0) is 14.2 Å². The van der Waals surface area contributed by atoms with Crippen molar-refractivity contribution in [2.75, 3.05) is 53.3 Å². The normalized spacial score (nSPS) is 10.9. The van der Waals surface area contributed by atoms with Crippen LogP contribution in [0.15, 0.2) is 33.5 Å². The molecular formula is C20H27NO7. The van der Waals surface area contributed by atoms with Crippen molar-refractivity contribution >= 4 is 16.9 Å². The summed E-state index contributed by atoms with van der Waals surface area (Å²) >= 11 is 0. The van der Waals surface area contributed by atoms with Crippen molar-refractivity contribution in [1.29, 1.82) is 0 Å². The lowest BCUT2D eigenvalue weighted by Gasteiger charge is -2.08. The third-order valence-electron chi connectivity index (χ3n) is 3.81. The van der Waals surface area contributed by atoms with Gasteiger partial charge < -0.3 is 28.7 Å². The van der Waals surface area contributed by atoms with Gasteiger partial charge in [0, 0.05) is 24.6 Å². The molecule has 0 bridgehead atoms. The van der Waals surface area contributed by atoms with Crippen LogP contribution < -0.4 is 15.7 Å². The molecule has 0 aliphatic heterocycles. The van der Waals surface area contributed by atoms with E-state index in [2.05, 4.69) is 12.2 Å². The first-order chi connectivity index (χ1) is 13.7. The summed E-state index contributed by atoms with van der Waals surface area (Å²) in [7, 11) is 1.53. The zero-order chi connectivity index (χ0) is 20.2. The topological polar surface area (TPSA) is 96.2 Å². The molecule has 8 heteroatoms. The number of carbonyl (C=O) groups is 1. The molecule has 1 aromatic carbocycles. The van der Waals surface area contributed by atoms with Crippen molar-refractivity contribution in [3.8, 4) is 5.75 Å². The highest BCUT2D eigenvalue weighted by molar-refractivity contribution is 5.96. The van der Waals surface area contributed by atoms with Crippen LogP contribution in [0.5, 0.6) is 5.75 Å². The molecule has 1 heterocycles. The third-order valence-corrected chi connectivity index (χ3v) is 3.81. The predicted molar refractivity (Wildman–Crippen MR) is 104 cm³/mol. The van der Waals surface area contributed by atoms with Gasteiger partial charge in [-0.2, -0.15) is 0 Å². The second-order valence-electron chi connectivity index (χ2n) is 5.94. The van der Waals surface area contributed by atoms with E-state index in [0.29, 0.717) is 49.8 Å². The van der Waals surface area contributed by atoms with Crippen molar-refractivity contribution < 1.29 is 28.2 Å². The SMILES string of the molecule is CCCOCCOCCOCCNC(=O)c1cc2ccc(OC)cc2oc1=O. The van der Waals surface area contributed by atoms with E-state index in [1.807, 2.05) is 0 Å². The number of ether oxygens (including phenoxy) is 4. The van der Waals surface area contributed by atoms with Gasteiger partial charge in [0.05, 0.1) is 40.1 Å². The Balaban J connectivity index is 1.69. The summed E-state index contributed by atoms with van der Waals surface area (Å²) in [6, 6.07) is 6.57. The van der Waals surface area contributed by atoms with E-state index in [9.17, 15) is 9.59 Å². The fraction of sp³-hybridized carbons (Fsp3) is 0.500. The molecule has 0 saturated heterocycles. The Kier molecular flexibility index (Phi) is 9.47. The second kappa shape index (κ2) is 12.1. The lowest BCUT2D eigenvalue weighted by Crippen LogP contribution is -2.31. The monoisotopic (exact) mass is 393 g/mol. The highest BCUT2D eigenvalue weighted by Gasteiger charge is 2.13. The molecule has 0 unspecified atom stereocenters. The van der Waals surface area contributed by atoms with Gasteiger partial charge in [0.25, 0.3) is 5.91 Å². The van der Waals surface area contributed by atoms with Crippen LogP contribution in [0.2, 0.25) is 0 Å². The van der Waals surface area contributed by atoms with Gasteiger partial charge in [0.15, 0.2) is 0 Å². The number of amides is 1. The Morgan fingerprint density at radius 1 is 1.00 bits per heavy atom. The van der Waals surface area contributed by atoms with Crippen molar-refractivity contribution in [3.05, 3.63) is 40.2 Å². The van der Waals surface area contributed by atoms with Gasteiger partial charge in [0.2, 0.25) is 0 Å². The van der Waals surface area contributed by atoms with Gasteiger partial charge >= 0.3 is 5.63 Å². The van der Waals surface area contributed by atoms with Crippen LogP contribution in [0, 0.1) is 0 Å². The van der Waals surface area contributed by atoms with Gasteiger partial charge in [-0.3, -0.25) is 4.79 Å². The number of methoxy groups -OCH3 is 1. The molecule has 2 rings (SSSR count). The van der Waals surface area contributed by atoms with E-state index in [0.717, 1.165) is 13.0 Å². The highest BCUT2D eigenvalue weighted by Crippen LogP contribution is 2.20. The van der Waals surface area contributed by atoms with Gasteiger partial charge in [-0.15, -0.1) is 0 Å². The molecule has 0 aliphatic rings. The summed E-state index contributed by atoms with van der Waals surface area (Å²) in [6.07, 6.45) is 0.991. The first-order valence-electron chi connectivity index (χ1n) is 9.29. The zero-order valence-corrected chi connectivity index (χ0v) is 16.3. The minimum Gasteiger partial charge on any atom is -0.497 e. The van der Waals surface area contributed by atoms with Crippen LogP contribution in [0.25, 0.3) is 11.0 Å². The average molecular weight is 393 g/mol. The standard InChI is InChI=1S/C20H27NO7/c1-3-7-25-9-11-27-12-10-26-8-6-21-19(22)17-13-15-4-5-16(24-2)14-18(15)28-20(17)23/h4-5,13-14H,3,6-12H2,1-2H3,(H,21,22). The third kappa shape index (κ3) is 6.95. The number of benzene rings is 1. The summed E-state index contributed by atoms with van der Waals surface area (Å²) in [6.45, 7) is 5.37. The molecule has 1 amide bonds. The first kappa shape index (κ1) is 21.9. The molecule has 0 atom stereocenters. The molecule has 28 heavy (non-hydrogen) atoms. The van der Waals surface area contributed by atoms with Gasteiger partial charge in [-0.1, -0.05) is 6.92 Å². The van der Waals surface area contributed by atoms with E-state index in [1.54, 1.807) is 18.2 Å². The summed E-state index contributed by atoms with van der Waals surface area (Å²) in [5.41, 5.74) is -0.379. The number of carbonyl (C=O) groups excluding carboxylic acids is 1. The molecular weight excluding hydrogens is 366 g/mol. The Morgan fingerprint density at radius 2 is 1.68 bits per heavy atom. The maximum atomic E-state index is 12.2. The van der Waals surface area contributed by atoms with Crippen LogP contribution >= 0.6 is 0 Å². The van der Waals surface area contributed by atoms with Crippen LogP contribution in [-0.4, -0.2) is 59.2 Å². The van der Waals surface area contributed by atoms with E-state index < -0.39 is 11.5 Å². The van der Waals surface area contributed by atoms with Crippen molar-refractivity contribution in [1.82, 2.24) is 5.32 Å². The number of hydrogen-bond acceptors (Lipinski definition) is 7. The smallest absolute Gasteiger partial charge is 0.349 e. The fourth-order valence-corrected chi connectivity index (χ4v) is 2.39. The largest absolute Gasteiger partial charge is 0.497 e. The molecule has 0 spiro atoms. The van der Waals surface area contributed by atoms with E-state index >= 15 is 0 Å². The molecule has 0 radical (unpaired) electrons. The van der Waals surface area contributed by atoms with E-state index in [-0.39, 0.29) is 12.1 Å². The number of hydrogen-bond donors (Lipinski definition) is 1. The molecule has 2 aromatic rings. The summed E-state index contributed by atoms with van der Waals surface area (Å²) in [5.74, 6) is 0.0712. The Morgan fingerprint density at radius 3 is 2.36 bits per heavy atom. The minimum absolute atomic E-state index is 0.0481. The van der Waals surface area contributed by atoms with Crippen molar-refractivity contribution in [2.45, 2.75) is 13.3 Å². The van der Waals surface area contributed by atoms with Crippen LogP contribution in [0.4, 0.5) is 0 Å². The van der Waals surface area contributed by atoms with E-state index in [4.69, 9.17) is 23.4 Å². The molecule has 1 aromatic heterocycles. The predicted octanol–water partition coefficient (Wildman–Crippen LogP) is 1.99. The van der Waals surface area contributed by atoms with Gasteiger partial charge in [-0.25, -0.2) is 4.79 Å². The molecule has 154 valence electrons. The van der Waals surface area contributed by atoms with Gasteiger partial charge in [0.1, 0.15) is 16.9 Å². The fourth-order valence-electron chi connectivity index (χ4n) is 2.39. The number of fused-ring (bicyclic) bond motifs is 1. The highest BCUT2D eigenvalue weighted by atomic mass is 16.5. The molecule has 0 fully saturated rings.